The molecule has 0 aliphatic rings. The van der Waals surface area contributed by atoms with E-state index in [-0.39, 0.29) is 11.9 Å². The molecule has 2 aromatic rings. The van der Waals surface area contributed by atoms with Gasteiger partial charge in [-0.2, -0.15) is 0 Å². The highest BCUT2D eigenvalue weighted by Gasteiger charge is 2.14. The van der Waals surface area contributed by atoms with Crippen molar-refractivity contribution in [2.24, 2.45) is 5.73 Å². The van der Waals surface area contributed by atoms with Crippen molar-refractivity contribution in [1.82, 2.24) is 0 Å². The molecule has 0 amide bonds. The summed E-state index contributed by atoms with van der Waals surface area (Å²) < 4.78 is 19.8. The fraction of sp³-hybridized carbons (Fsp3) is 0.200. The summed E-state index contributed by atoms with van der Waals surface area (Å²) in [6, 6.07) is 12.0. The fourth-order valence-corrected chi connectivity index (χ4v) is 2.31. The van der Waals surface area contributed by atoms with E-state index in [4.69, 9.17) is 10.5 Å². The van der Waals surface area contributed by atoms with Crippen molar-refractivity contribution in [2.75, 3.05) is 19.0 Å². The Balaban J connectivity index is 2.21. The highest BCUT2D eigenvalue weighted by Crippen LogP contribution is 2.25. The summed E-state index contributed by atoms with van der Waals surface area (Å²) in [6.07, 6.45) is 0. The second-order valence-electron chi connectivity index (χ2n) is 4.33. The van der Waals surface area contributed by atoms with Crippen LogP contribution in [0.3, 0.4) is 0 Å². The van der Waals surface area contributed by atoms with Crippen LogP contribution in [0.25, 0.3) is 0 Å². The highest BCUT2D eigenvalue weighted by atomic mass is 79.9. The van der Waals surface area contributed by atoms with Crippen molar-refractivity contribution in [3.05, 3.63) is 58.3 Å². The molecule has 1 atom stereocenters. The van der Waals surface area contributed by atoms with Crippen molar-refractivity contribution in [3.63, 3.8) is 0 Å². The van der Waals surface area contributed by atoms with Gasteiger partial charge < -0.3 is 15.8 Å². The molecular formula is C15H16BrFN2O. The number of nitrogens with one attached hydrogen (secondary N) is 1. The van der Waals surface area contributed by atoms with E-state index in [1.165, 1.54) is 6.07 Å². The summed E-state index contributed by atoms with van der Waals surface area (Å²) in [5.41, 5.74) is 7.16. The Kier molecular flexibility index (Phi) is 4.98. The zero-order valence-corrected chi connectivity index (χ0v) is 12.7. The lowest BCUT2D eigenvalue weighted by Crippen LogP contribution is -2.21. The maximum atomic E-state index is 13.9. The number of nitrogens with two attached hydrogens (primary N) is 1. The van der Waals surface area contributed by atoms with Crippen LogP contribution in [-0.4, -0.2) is 13.7 Å². The molecule has 0 aromatic heterocycles. The first kappa shape index (κ1) is 14.8. The van der Waals surface area contributed by atoms with Crippen LogP contribution in [-0.2, 0) is 0 Å². The molecule has 20 heavy (non-hydrogen) atoms. The molecule has 0 aliphatic heterocycles. The van der Waals surface area contributed by atoms with Gasteiger partial charge in [0.2, 0.25) is 0 Å². The third kappa shape index (κ3) is 3.49. The highest BCUT2D eigenvalue weighted by molar-refractivity contribution is 9.10. The largest absolute Gasteiger partial charge is 0.497 e. The molecule has 0 fully saturated rings. The van der Waals surface area contributed by atoms with Gasteiger partial charge in [0.05, 0.1) is 13.2 Å². The second kappa shape index (κ2) is 6.72. The van der Waals surface area contributed by atoms with Crippen molar-refractivity contribution in [3.8, 4) is 5.75 Å². The smallest absolute Gasteiger partial charge is 0.128 e. The van der Waals surface area contributed by atoms with Gasteiger partial charge in [-0.25, -0.2) is 4.39 Å². The fourth-order valence-electron chi connectivity index (χ4n) is 1.93. The van der Waals surface area contributed by atoms with E-state index in [2.05, 4.69) is 21.2 Å². The molecule has 0 saturated heterocycles. The topological polar surface area (TPSA) is 47.3 Å². The monoisotopic (exact) mass is 338 g/mol. The average Bonchev–Trinajstić information content (AvgIpc) is 2.48. The Morgan fingerprint density at radius 1 is 1.25 bits per heavy atom. The van der Waals surface area contributed by atoms with Gasteiger partial charge in [0.25, 0.3) is 0 Å². The SMILES string of the molecule is COc1ccc(NC(CN)c2cc(Br)ccc2F)cc1. The van der Waals surface area contributed by atoms with Crippen LogP contribution in [0.1, 0.15) is 11.6 Å². The quantitative estimate of drug-likeness (QED) is 0.873. The number of halogens is 2. The first-order valence-electron chi connectivity index (χ1n) is 6.19. The molecule has 0 radical (unpaired) electrons. The minimum absolute atomic E-state index is 0.273. The van der Waals surface area contributed by atoms with Gasteiger partial charge in [0, 0.05) is 22.3 Å². The average molecular weight is 339 g/mol. The molecule has 2 rings (SSSR count). The molecule has 2 aromatic carbocycles. The molecule has 3 nitrogen and oxygen atoms in total. The zero-order chi connectivity index (χ0) is 14.5. The van der Waals surface area contributed by atoms with Gasteiger partial charge in [0.1, 0.15) is 11.6 Å². The number of hydrogen-bond acceptors (Lipinski definition) is 3. The molecule has 0 heterocycles. The van der Waals surface area contributed by atoms with E-state index in [1.807, 2.05) is 24.3 Å². The molecule has 3 N–H and O–H groups in total. The predicted octanol–water partition coefficient (Wildman–Crippen LogP) is 3.71. The Morgan fingerprint density at radius 2 is 1.95 bits per heavy atom. The van der Waals surface area contributed by atoms with Crippen LogP contribution >= 0.6 is 15.9 Å². The molecular weight excluding hydrogens is 323 g/mol. The third-order valence-corrected chi connectivity index (χ3v) is 3.49. The van der Waals surface area contributed by atoms with Crippen LogP contribution in [0.15, 0.2) is 46.9 Å². The third-order valence-electron chi connectivity index (χ3n) is 3.00. The van der Waals surface area contributed by atoms with E-state index in [0.717, 1.165) is 15.9 Å². The first-order valence-corrected chi connectivity index (χ1v) is 6.99. The van der Waals surface area contributed by atoms with Gasteiger partial charge in [-0.05, 0) is 42.5 Å². The molecule has 5 heteroatoms. The number of benzene rings is 2. The molecule has 0 spiro atoms. The Hall–Kier alpha value is -1.59. The number of ether oxygens (including phenoxy) is 1. The molecule has 106 valence electrons. The molecule has 0 bridgehead atoms. The van der Waals surface area contributed by atoms with Crippen LogP contribution in [0.5, 0.6) is 5.75 Å². The molecule has 1 unspecified atom stereocenters. The van der Waals surface area contributed by atoms with E-state index in [0.29, 0.717) is 12.1 Å². The van der Waals surface area contributed by atoms with Crippen LogP contribution < -0.4 is 15.8 Å². The van der Waals surface area contributed by atoms with Gasteiger partial charge >= 0.3 is 0 Å². The van der Waals surface area contributed by atoms with Crippen LogP contribution in [0.2, 0.25) is 0 Å². The standard InChI is InChI=1S/C15H16BrFN2O/c1-20-12-5-3-11(4-6-12)19-15(9-18)13-8-10(16)2-7-14(13)17/h2-8,15,19H,9,18H2,1H3. The molecule has 0 saturated carbocycles. The zero-order valence-electron chi connectivity index (χ0n) is 11.1. The first-order chi connectivity index (χ1) is 9.63. The van der Waals surface area contributed by atoms with Crippen molar-refractivity contribution >= 4 is 21.6 Å². The summed E-state index contributed by atoms with van der Waals surface area (Å²) in [5.74, 6) is 0.498. The Bertz CT molecular complexity index is 575. The van der Waals surface area contributed by atoms with E-state index in [9.17, 15) is 4.39 Å². The Morgan fingerprint density at radius 3 is 2.55 bits per heavy atom. The van der Waals surface area contributed by atoms with Crippen LogP contribution in [0.4, 0.5) is 10.1 Å². The predicted molar refractivity (Wildman–Crippen MR) is 82.5 cm³/mol. The molecule has 0 aliphatic carbocycles. The summed E-state index contributed by atoms with van der Waals surface area (Å²) in [4.78, 5) is 0. The number of anilines is 1. The number of rotatable bonds is 5. The van der Waals surface area contributed by atoms with Crippen LogP contribution in [0, 0.1) is 5.82 Å². The summed E-state index contributed by atoms with van der Waals surface area (Å²) in [7, 11) is 1.61. The number of hydrogen-bond donors (Lipinski definition) is 2. The van der Waals surface area contributed by atoms with Crippen molar-refractivity contribution < 1.29 is 9.13 Å². The minimum atomic E-state index is -0.291. The van der Waals surface area contributed by atoms with Gasteiger partial charge in [-0.3, -0.25) is 0 Å². The second-order valence-corrected chi connectivity index (χ2v) is 5.24. The summed E-state index contributed by atoms with van der Waals surface area (Å²) >= 11 is 3.35. The van der Waals surface area contributed by atoms with Crippen molar-refractivity contribution in [2.45, 2.75) is 6.04 Å². The van der Waals surface area contributed by atoms with E-state index < -0.39 is 0 Å². The maximum Gasteiger partial charge on any atom is 0.128 e. The van der Waals surface area contributed by atoms with Gasteiger partial charge in [-0.15, -0.1) is 0 Å². The maximum absolute atomic E-state index is 13.9. The van der Waals surface area contributed by atoms with E-state index in [1.54, 1.807) is 19.2 Å². The lowest BCUT2D eigenvalue weighted by atomic mass is 10.1. The summed E-state index contributed by atoms with van der Waals surface area (Å²) in [6.45, 7) is 0.291. The normalized spacial score (nSPS) is 12.0. The Labute approximate surface area is 126 Å². The van der Waals surface area contributed by atoms with Gasteiger partial charge in [-0.1, -0.05) is 15.9 Å². The lowest BCUT2D eigenvalue weighted by molar-refractivity contribution is 0.415. The minimum Gasteiger partial charge on any atom is -0.497 e. The number of methoxy groups -OCH3 is 1. The van der Waals surface area contributed by atoms with Gasteiger partial charge in [0.15, 0.2) is 0 Å². The van der Waals surface area contributed by atoms with E-state index >= 15 is 0 Å². The van der Waals surface area contributed by atoms with Crippen molar-refractivity contribution in [1.29, 1.82) is 0 Å². The lowest BCUT2D eigenvalue weighted by Gasteiger charge is -2.19. The summed E-state index contributed by atoms with van der Waals surface area (Å²) in [5, 5.41) is 3.22.